The number of carbonyl (C=O) groups is 2. The first-order valence-corrected chi connectivity index (χ1v) is 14.1. The van der Waals surface area contributed by atoms with Gasteiger partial charge in [0, 0.05) is 36.3 Å². The van der Waals surface area contributed by atoms with Crippen LogP contribution in [-0.4, -0.2) is 50.0 Å². The Morgan fingerprint density at radius 1 is 1.18 bits per heavy atom. The normalized spacial score (nSPS) is 15.4. The summed E-state index contributed by atoms with van der Waals surface area (Å²) in [5.74, 6) is 0.0446. The van der Waals surface area contributed by atoms with Gasteiger partial charge in [0.05, 0.1) is 11.1 Å². The number of H-pyrrole nitrogens is 1. The second-order valence-electron chi connectivity index (χ2n) is 9.11. The first-order chi connectivity index (χ1) is 16.6. The summed E-state index contributed by atoms with van der Waals surface area (Å²) >= 11 is 2.95. The lowest BCUT2D eigenvalue weighted by atomic mass is 10.2. The lowest BCUT2D eigenvalue weighted by Gasteiger charge is -2.13. The standard InChI is InChI=1S/C25H30N4O3S2/c1-2-3-4-12-29-24(32)21-17-8-7-9-20(17)34-22(21)27-25(29)33-15-19(30)16-13-18(26-14-16)23(31)28-10-5-6-11-28/h13-14,26H,2-12,15H2,1H3. The summed E-state index contributed by atoms with van der Waals surface area (Å²) in [6, 6.07) is 1.65. The number of thiophene rings is 1. The molecule has 1 N–H and O–H groups in total. The number of hydrogen-bond donors (Lipinski definition) is 1. The van der Waals surface area contributed by atoms with E-state index in [1.54, 1.807) is 28.2 Å². The number of aromatic nitrogens is 3. The number of likely N-dealkylation sites (tertiary alicyclic amines) is 1. The first kappa shape index (κ1) is 23.4. The summed E-state index contributed by atoms with van der Waals surface area (Å²) in [6.07, 6.45) is 9.79. The van der Waals surface area contributed by atoms with Gasteiger partial charge in [-0.15, -0.1) is 11.3 Å². The predicted molar refractivity (Wildman–Crippen MR) is 136 cm³/mol. The van der Waals surface area contributed by atoms with E-state index in [-0.39, 0.29) is 23.0 Å². The first-order valence-electron chi connectivity index (χ1n) is 12.3. The molecule has 1 amide bonds. The fourth-order valence-corrected chi connectivity index (χ4v) is 7.09. The van der Waals surface area contributed by atoms with E-state index in [1.807, 2.05) is 4.90 Å². The average Bonchev–Trinajstić information content (AvgIpc) is 3.63. The van der Waals surface area contributed by atoms with Crippen molar-refractivity contribution in [2.45, 2.75) is 70.0 Å². The highest BCUT2D eigenvalue weighted by Crippen LogP contribution is 2.35. The number of carbonyl (C=O) groups excluding carboxylic acids is 2. The van der Waals surface area contributed by atoms with Crippen LogP contribution in [0.1, 0.15) is 76.7 Å². The molecule has 3 aromatic heterocycles. The number of aryl methyl sites for hydroxylation is 2. The smallest absolute Gasteiger partial charge is 0.270 e. The third-order valence-electron chi connectivity index (χ3n) is 6.74. The van der Waals surface area contributed by atoms with E-state index >= 15 is 0 Å². The maximum atomic E-state index is 13.5. The fourth-order valence-electron chi connectivity index (χ4n) is 4.87. The zero-order valence-corrected chi connectivity index (χ0v) is 21.2. The molecule has 4 heterocycles. The summed E-state index contributed by atoms with van der Waals surface area (Å²) < 4.78 is 1.78. The Bertz CT molecular complexity index is 1280. The lowest BCUT2D eigenvalue weighted by Crippen LogP contribution is -2.27. The van der Waals surface area contributed by atoms with E-state index in [0.717, 1.165) is 74.7 Å². The number of nitrogens with one attached hydrogen (secondary N) is 1. The minimum atomic E-state index is -0.0788. The Morgan fingerprint density at radius 2 is 2.00 bits per heavy atom. The van der Waals surface area contributed by atoms with Gasteiger partial charge in [-0.1, -0.05) is 31.5 Å². The van der Waals surface area contributed by atoms with Gasteiger partial charge < -0.3 is 9.88 Å². The molecule has 0 saturated carbocycles. The van der Waals surface area contributed by atoms with E-state index in [4.69, 9.17) is 4.98 Å². The van der Waals surface area contributed by atoms with E-state index in [0.29, 0.717) is 23.0 Å². The predicted octanol–water partition coefficient (Wildman–Crippen LogP) is 4.68. The highest BCUT2D eigenvalue weighted by Gasteiger charge is 2.25. The largest absolute Gasteiger partial charge is 0.356 e. The van der Waals surface area contributed by atoms with Crippen molar-refractivity contribution in [2.24, 2.45) is 0 Å². The van der Waals surface area contributed by atoms with Crippen molar-refractivity contribution in [3.8, 4) is 0 Å². The van der Waals surface area contributed by atoms with Gasteiger partial charge in [0.15, 0.2) is 10.9 Å². The zero-order chi connectivity index (χ0) is 23.7. The van der Waals surface area contributed by atoms with Gasteiger partial charge in [0.1, 0.15) is 10.5 Å². The molecule has 9 heteroatoms. The summed E-state index contributed by atoms with van der Waals surface area (Å²) in [4.78, 5) is 50.7. The van der Waals surface area contributed by atoms with Crippen LogP contribution in [0.25, 0.3) is 10.2 Å². The average molecular weight is 499 g/mol. The van der Waals surface area contributed by atoms with Crippen molar-refractivity contribution in [1.82, 2.24) is 19.4 Å². The van der Waals surface area contributed by atoms with Gasteiger partial charge in [0.25, 0.3) is 11.5 Å². The van der Waals surface area contributed by atoms with Crippen molar-refractivity contribution < 1.29 is 9.59 Å². The Morgan fingerprint density at radius 3 is 2.79 bits per heavy atom. The van der Waals surface area contributed by atoms with Crippen LogP contribution < -0.4 is 5.56 Å². The topological polar surface area (TPSA) is 88.1 Å². The molecular formula is C25H30N4O3S2. The van der Waals surface area contributed by atoms with Crippen molar-refractivity contribution in [3.05, 3.63) is 44.3 Å². The van der Waals surface area contributed by atoms with Crippen molar-refractivity contribution in [2.75, 3.05) is 18.8 Å². The molecule has 0 aromatic carbocycles. The van der Waals surface area contributed by atoms with Gasteiger partial charge in [-0.3, -0.25) is 19.0 Å². The minimum Gasteiger partial charge on any atom is -0.356 e. The minimum absolute atomic E-state index is 0.0376. The summed E-state index contributed by atoms with van der Waals surface area (Å²) in [5.41, 5.74) is 2.18. The number of nitrogens with zero attached hydrogens (tertiary/aromatic N) is 3. The molecule has 1 fully saturated rings. The van der Waals surface area contributed by atoms with E-state index in [1.165, 1.54) is 22.2 Å². The molecule has 0 radical (unpaired) electrons. The molecule has 0 spiro atoms. The Kier molecular flexibility index (Phi) is 6.92. The molecule has 5 rings (SSSR count). The van der Waals surface area contributed by atoms with E-state index in [2.05, 4.69) is 11.9 Å². The van der Waals surface area contributed by atoms with Crippen LogP contribution in [0, 0.1) is 0 Å². The number of fused-ring (bicyclic) bond motifs is 3. The van der Waals surface area contributed by atoms with E-state index < -0.39 is 0 Å². The van der Waals surface area contributed by atoms with Crippen LogP contribution in [0.5, 0.6) is 0 Å². The Hall–Kier alpha value is -2.39. The highest BCUT2D eigenvalue weighted by molar-refractivity contribution is 7.99. The Labute approximate surface area is 206 Å². The molecule has 1 saturated heterocycles. The third-order valence-corrected chi connectivity index (χ3v) is 8.90. The number of amides is 1. The van der Waals surface area contributed by atoms with Crippen LogP contribution in [-0.2, 0) is 19.4 Å². The summed E-state index contributed by atoms with van der Waals surface area (Å²) in [7, 11) is 0. The van der Waals surface area contributed by atoms with Crippen molar-refractivity contribution in [3.63, 3.8) is 0 Å². The second-order valence-corrected chi connectivity index (χ2v) is 11.1. The molecule has 0 atom stereocenters. The maximum absolute atomic E-state index is 13.5. The lowest BCUT2D eigenvalue weighted by molar-refractivity contribution is 0.0787. The van der Waals surface area contributed by atoms with Gasteiger partial charge in [0.2, 0.25) is 0 Å². The summed E-state index contributed by atoms with van der Waals surface area (Å²) in [5, 5.41) is 1.41. The van der Waals surface area contributed by atoms with Gasteiger partial charge in [-0.05, 0) is 50.2 Å². The number of unbranched alkanes of at least 4 members (excludes halogenated alkanes) is 2. The molecule has 180 valence electrons. The van der Waals surface area contributed by atoms with Gasteiger partial charge >= 0.3 is 0 Å². The van der Waals surface area contributed by atoms with Crippen LogP contribution in [0.4, 0.5) is 0 Å². The zero-order valence-electron chi connectivity index (χ0n) is 19.5. The summed E-state index contributed by atoms with van der Waals surface area (Å²) in [6.45, 7) is 4.30. The number of thioether (sulfide) groups is 1. The fraction of sp³-hybridized carbons (Fsp3) is 0.520. The monoisotopic (exact) mass is 498 g/mol. The number of aromatic amines is 1. The van der Waals surface area contributed by atoms with Crippen molar-refractivity contribution >= 4 is 45.0 Å². The van der Waals surface area contributed by atoms with Gasteiger partial charge in [-0.25, -0.2) is 4.98 Å². The molecule has 2 aliphatic rings. The third kappa shape index (κ3) is 4.47. The van der Waals surface area contributed by atoms with Crippen LogP contribution in [0.2, 0.25) is 0 Å². The Balaban J connectivity index is 1.36. The van der Waals surface area contributed by atoms with Crippen LogP contribution >= 0.6 is 23.1 Å². The van der Waals surface area contributed by atoms with Crippen LogP contribution in [0.3, 0.4) is 0 Å². The highest BCUT2D eigenvalue weighted by atomic mass is 32.2. The molecule has 1 aliphatic carbocycles. The second kappa shape index (κ2) is 10.1. The number of Topliss-reactive ketones (excluding diaryl/α,β-unsaturated/α-hetero) is 1. The number of rotatable bonds is 9. The van der Waals surface area contributed by atoms with Gasteiger partial charge in [-0.2, -0.15) is 0 Å². The van der Waals surface area contributed by atoms with Crippen LogP contribution in [0.15, 0.2) is 22.2 Å². The van der Waals surface area contributed by atoms with Crippen molar-refractivity contribution in [1.29, 1.82) is 0 Å². The molecule has 1 aliphatic heterocycles. The molecule has 34 heavy (non-hydrogen) atoms. The maximum Gasteiger partial charge on any atom is 0.270 e. The van der Waals surface area contributed by atoms with E-state index in [9.17, 15) is 14.4 Å². The molecule has 7 nitrogen and oxygen atoms in total. The molecule has 0 bridgehead atoms. The molecule has 3 aromatic rings. The number of hydrogen-bond acceptors (Lipinski definition) is 6. The molecule has 0 unspecified atom stereocenters. The SMILES string of the molecule is CCCCCn1c(SCC(=O)c2c[nH]c(C(=O)N3CCCC3)c2)nc2sc3c(c2c1=O)CCC3. The quantitative estimate of drug-likeness (QED) is 0.200. The number of ketones is 1. The molecular weight excluding hydrogens is 468 g/mol.